The van der Waals surface area contributed by atoms with Crippen LogP contribution in [-0.4, -0.2) is 23.3 Å². The molecule has 1 N–H and O–H groups in total. The van der Waals surface area contributed by atoms with Crippen LogP contribution in [0.25, 0.3) is 11.1 Å². The summed E-state index contributed by atoms with van der Waals surface area (Å²) >= 11 is 1.17. The number of thioether (sulfide) groups is 1. The Kier molecular flexibility index (Phi) is 4.95. The van der Waals surface area contributed by atoms with Gasteiger partial charge in [-0.1, -0.05) is 23.9 Å². The minimum atomic E-state index is -2.88. The maximum absolute atomic E-state index is 12.1. The fourth-order valence-electron chi connectivity index (χ4n) is 1.96. The van der Waals surface area contributed by atoms with Gasteiger partial charge in [0.25, 0.3) is 5.22 Å². The average Bonchev–Trinajstić information content (AvgIpc) is 2.97. The Morgan fingerprint density at radius 2 is 1.96 bits per heavy atom. The summed E-state index contributed by atoms with van der Waals surface area (Å²) in [6.45, 7) is -2.88. The lowest BCUT2D eigenvalue weighted by molar-refractivity contribution is -0.113. The van der Waals surface area contributed by atoms with E-state index in [2.05, 4.69) is 15.0 Å². The van der Waals surface area contributed by atoms with Crippen LogP contribution in [0.3, 0.4) is 0 Å². The number of carbonyl (C=O) groups excluding carboxylic acids is 1. The van der Waals surface area contributed by atoms with Crippen LogP contribution in [0.1, 0.15) is 0 Å². The van der Waals surface area contributed by atoms with Gasteiger partial charge in [-0.15, -0.1) is 0 Å². The largest absolute Gasteiger partial charge is 0.435 e. The van der Waals surface area contributed by atoms with E-state index in [0.717, 1.165) is 5.52 Å². The van der Waals surface area contributed by atoms with E-state index in [4.69, 9.17) is 4.42 Å². The number of para-hydroxylation sites is 2. The number of ether oxygens (including phenoxy) is 1. The number of oxazole rings is 1. The van der Waals surface area contributed by atoms with Crippen LogP contribution < -0.4 is 10.1 Å². The number of amides is 1. The molecular weight excluding hydrogens is 338 g/mol. The molecule has 1 amide bonds. The van der Waals surface area contributed by atoms with Gasteiger partial charge in [0, 0.05) is 5.69 Å². The highest BCUT2D eigenvalue weighted by Crippen LogP contribution is 2.23. The number of aromatic nitrogens is 1. The second kappa shape index (κ2) is 7.31. The molecule has 0 aliphatic rings. The van der Waals surface area contributed by atoms with Crippen LogP contribution in [-0.2, 0) is 4.79 Å². The number of halogens is 2. The van der Waals surface area contributed by atoms with Crippen LogP contribution >= 0.6 is 11.8 Å². The standard InChI is InChI=1S/C16H12F2N2O3S/c17-15(18)22-11-7-5-10(6-8-11)19-14(21)9-24-16-20-12-3-1-2-4-13(12)23-16/h1-8,15H,9H2,(H,19,21). The van der Waals surface area contributed by atoms with Gasteiger partial charge >= 0.3 is 6.61 Å². The first-order valence-corrected chi connectivity index (χ1v) is 7.92. The second-order valence-electron chi connectivity index (χ2n) is 4.69. The van der Waals surface area contributed by atoms with Crippen molar-refractivity contribution in [1.82, 2.24) is 4.98 Å². The van der Waals surface area contributed by atoms with Gasteiger partial charge in [0.1, 0.15) is 11.3 Å². The summed E-state index contributed by atoms with van der Waals surface area (Å²) in [5.41, 5.74) is 1.88. The topological polar surface area (TPSA) is 64.4 Å². The lowest BCUT2D eigenvalue weighted by Gasteiger charge is -2.07. The van der Waals surface area contributed by atoms with Gasteiger partial charge in [-0.3, -0.25) is 4.79 Å². The molecule has 0 spiro atoms. The number of benzene rings is 2. The number of rotatable bonds is 6. The molecule has 8 heteroatoms. The number of hydrogen-bond donors (Lipinski definition) is 1. The molecule has 0 atom stereocenters. The molecule has 3 rings (SSSR count). The Morgan fingerprint density at radius 3 is 2.67 bits per heavy atom. The monoisotopic (exact) mass is 350 g/mol. The maximum atomic E-state index is 12.1. The van der Waals surface area contributed by atoms with Crippen LogP contribution in [0.2, 0.25) is 0 Å². The van der Waals surface area contributed by atoms with E-state index in [-0.39, 0.29) is 17.4 Å². The molecule has 1 heterocycles. The van der Waals surface area contributed by atoms with Gasteiger partial charge in [-0.25, -0.2) is 4.98 Å². The first-order valence-electron chi connectivity index (χ1n) is 6.93. The Bertz CT molecular complexity index is 804. The molecule has 24 heavy (non-hydrogen) atoms. The zero-order valence-corrected chi connectivity index (χ0v) is 13.1. The van der Waals surface area contributed by atoms with Crippen molar-refractivity contribution in [1.29, 1.82) is 0 Å². The lowest BCUT2D eigenvalue weighted by Crippen LogP contribution is -2.14. The van der Waals surface area contributed by atoms with Gasteiger partial charge < -0.3 is 14.5 Å². The molecule has 0 fully saturated rings. The quantitative estimate of drug-likeness (QED) is 0.676. The lowest BCUT2D eigenvalue weighted by atomic mass is 10.3. The first-order chi connectivity index (χ1) is 11.6. The zero-order chi connectivity index (χ0) is 16.9. The summed E-state index contributed by atoms with van der Waals surface area (Å²) in [5, 5.41) is 3.06. The van der Waals surface area contributed by atoms with Crippen molar-refractivity contribution in [2.75, 3.05) is 11.1 Å². The van der Waals surface area contributed by atoms with Crippen molar-refractivity contribution >= 4 is 34.5 Å². The maximum Gasteiger partial charge on any atom is 0.387 e. The smallest absolute Gasteiger partial charge is 0.387 e. The van der Waals surface area contributed by atoms with Gasteiger partial charge in [-0.05, 0) is 36.4 Å². The van der Waals surface area contributed by atoms with Gasteiger partial charge in [-0.2, -0.15) is 8.78 Å². The summed E-state index contributed by atoms with van der Waals surface area (Å²) in [7, 11) is 0. The molecule has 124 valence electrons. The SMILES string of the molecule is O=C(CSc1nc2ccccc2o1)Nc1ccc(OC(F)F)cc1. The fraction of sp³-hybridized carbons (Fsp3) is 0.125. The third kappa shape index (κ3) is 4.23. The summed E-state index contributed by atoms with van der Waals surface area (Å²) in [4.78, 5) is 16.2. The third-order valence-corrected chi connectivity index (χ3v) is 3.79. The van der Waals surface area contributed by atoms with E-state index >= 15 is 0 Å². The normalized spacial score (nSPS) is 11.0. The van der Waals surface area contributed by atoms with Crippen molar-refractivity contribution < 1.29 is 22.7 Å². The van der Waals surface area contributed by atoms with Gasteiger partial charge in [0.15, 0.2) is 5.58 Å². The van der Waals surface area contributed by atoms with Crippen LogP contribution in [0, 0.1) is 0 Å². The summed E-state index contributed by atoms with van der Waals surface area (Å²) in [6.07, 6.45) is 0. The molecule has 1 aromatic heterocycles. The van der Waals surface area contributed by atoms with Crippen molar-refractivity contribution in [3.8, 4) is 5.75 Å². The van der Waals surface area contributed by atoms with E-state index in [1.807, 2.05) is 18.2 Å². The molecule has 0 unspecified atom stereocenters. The highest BCUT2D eigenvalue weighted by Gasteiger charge is 2.10. The van der Waals surface area contributed by atoms with Crippen LogP contribution in [0.4, 0.5) is 14.5 Å². The molecule has 2 aromatic carbocycles. The number of carbonyl (C=O) groups is 1. The number of fused-ring (bicyclic) bond motifs is 1. The summed E-state index contributed by atoms with van der Waals surface area (Å²) < 4.78 is 33.9. The third-order valence-electron chi connectivity index (χ3n) is 2.96. The molecule has 0 bridgehead atoms. The molecule has 0 radical (unpaired) electrons. The van der Waals surface area contributed by atoms with Gasteiger partial charge in [0.2, 0.25) is 5.91 Å². The molecule has 0 aliphatic carbocycles. The predicted molar refractivity (Wildman–Crippen MR) is 86.4 cm³/mol. The zero-order valence-electron chi connectivity index (χ0n) is 12.2. The Balaban J connectivity index is 1.53. The second-order valence-corrected chi connectivity index (χ2v) is 5.61. The molecule has 0 saturated heterocycles. The van der Waals surface area contributed by atoms with E-state index in [1.54, 1.807) is 6.07 Å². The van der Waals surface area contributed by atoms with E-state index in [9.17, 15) is 13.6 Å². The molecule has 0 saturated carbocycles. The Labute approximate surface area is 140 Å². The molecule has 0 aliphatic heterocycles. The molecular formula is C16H12F2N2O3S. The number of nitrogens with zero attached hydrogens (tertiary/aromatic N) is 1. The average molecular weight is 350 g/mol. The van der Waals surface area contributed by atoms with Gasteiger partial charge in [0.05, 0.1) is 5.75 Å². The van der Waals surface area contributed by atoms with Crippen LogP contribution in [0.15, 0.2) is 58.2 Å². The number of hydrogen-bond acceptors (Lipinski definition) is 5. The minimum Gasteiger partial charge on any atom is -0.435 e. The first kappa shape index (κ1) is 16.3. The Hall–Kier alpha value is -2.61. The number of nitrogens with one attached hydrogen (secondary N) is 1. The van der Waals surface area contributed by atoms with Crippen molar-refractivity contribution in [2.45, 2.75) is 11.8 Å². The molecule has 5 nitrogen and oxygen atoms in total. The summed E-state index contributed by atoms with van der Waals surface area (Å²) in [5.74, 6) is -0.115. The fourth-order valence-corrected chi connectivity index (χ4v) is 2.60. The summed E-state index contributed by atoms with van der Waals surface area (Å²) in [6, 6.07) is 13.0. The number of alkyl halides is 2. The predicted octanol–water partition coefficient (Wildman–Crippen LogP) is 4.16. The minimum absolute atomic E-state index is 0.0313. The highest BCUT2D eigenvalue weighted by atomic mass is 32.2. The Morgan fingerprint density at radius 1 is 1.21 bits per heavy atom. The number of anilines is 1. The van der Waals surface area contributed by atoms with E-state index in [1.165, 1.54) is 36.0 Å². The van der Waals surface area contributed by atoms with E-state index < -0.39 is 6.61 Å². The van der Waals surface area contributed by atoms with Crippen LogP contribution in [0.5, 0.6) is 5.75 Å². The van der Waals surface area contributed by atoms with Crippen molar-refractivity contribution in [3.63, 3.8) is 0 Å². The highest BCUT2D eigenvalue weighted by molar-refractivity contribution is 7.99. The van der Waals surface area contributed by atoms with Crippen molar-refractivity contribution in [3.05, 3.63) is 48.5 Å². The van der Waals surface area contributed by atoms with Crippen molar-refractivity contribution in [2.24, 2.45) is 0 Å². The molecule has 3 aromatic rings. The van der Waals surface area contributed by atoms with E-state index in [0.29, 0.717) is 16.5 Å².